The molecule has 0 aliphatic rings. The molecule has 2 heterocycles. The molecule has 26 heavy (non-hydrogen) atoms. The number of hydrogen-bond donors (Lipinski definition) is 3. The van der Waals surface area contributed by atoms with Gasteiger partial charge in [-0.1, -0.05) is 12.1 Å². The number of rotatable bonds is 7. The Bertz CT molecular complexity index is 907. The molecular formula is C17H20N6O3. The Morgan fingerprint density at radius 3 is 2.77 bits per heavy atom. The maximum Gasteiger partial charge on any atom is 0.302 e. The molecule has 9 nitrogen and oxygen atoms in total. The molecule has 0 aliphatic carbocycles. The molecule has 0 spiro atoms. The summed E-state index contributed by atoms with van der Waals surface area (Å²) in [7, 11) is 0. The average Bonchev–Trinajstić information content (AvgIpc) is 3.03. The number of nitrogens with two attached hydrogens (primary N) is 1. The van der Waals surface area contributed by atoms with Gasteiger partial charge in [-0.05, 0) is 12.1 Å². The fraction of sp³-hybridized carbons (Fsp3) is 0.294. The number of fused-ring (bicyclic) bond motifs is 1. The van der Waals surface area contributed by atoms with Gasteiger partial charge in [0, 0.05) is 24.7 Å². The highest BCUT2D eigenvalue weighted by atomic mass is 16.5. The Morgan fingerprint density at radius 2 is 2.08 bits per heavy atom. The summed E-state index contributed by atoms with van der Waals surface area (Å²) >= 11 is 0. The van der Waals surface area contributed by atoms with Crippen LogP contribution in [0.4, 0.5) is 11.6 Å². The standard InChI is InChI=1S/C17H20N6O3/c1-11(25)26-9-7-23-10-20-15-14(12-2-4-13(18)5-3-12)21-17(19-6-8-24)22-16(15)23/h2-5,10,24H,6-9,18H2,1H3,(H,19,21,22). The van der Waals surface area contributed by atoms with E-state index >= 15 is 0 Å². The molecule has 0 bridgehead atoms. The second-order valence-electron chi connectivity index (χ2n) is 5.62. The van der Waals surface area contributed by atoms with Crippen molar-refractivity contribution in [3.8, 4) is 11.3 Å². The summed E-state index contributed by atoms with van der Waals surface area (Å²) < 4.78 is 6.79. The first-order valence-corrected chi connectivity index (χ1v) is 8.15. The van der Waals surface area contributed by atoms with Crippen LogP contribution in [0.2, 0.25) is 0 Å². The maximum atomic E-state index is 11.0. The third-order valence-corrected chi connectivity index (χ3v) is 3.68. The van der Waals surface area contributed by atoms with Gasteiger partial charge in [0.05, 0.1) is 19.5 Å². The lowest BCUT2D eigenvalue weighted by atomic mass is 10.1. The molecule has 136 valence electrons. The van der Waals surface area contributed by atoms with Crippen LogP contribution in [0.25, 0.3) is 22.4 Å². The molecule has 0 radical (unpaired) electrons. The van der Waals surface area contributed by atoms with Gasteiger partial charge >= 0.3 is 5.97 Å². The fourth-order valence-corrected chi connectivity index (χ4v) is 2.48. The molecule has 9 heteroatoms. The van der Waals surface area contributed by atoms with E-state index in [0.717, 1.165) is 5.56 Å². The molecule has 0 unspecified atom stereocenters. The molecule has 0 aliphatic heterocycles. The van der Waals surface area contributed by atoms with E-state index in [1.807, 2.05) is 12.1 Å². The molecule has 0 fully saturated rings. The van der Waals surface area contributed by atoms with Gasteiger partial charge in [0.1, 0.15) is 17.8 Å². The maximum absolute atomic E-state index is 11.0. The minimum Gasteiger partial charge on any atom is -0.464 e. The van der Waals surface area contributed by atoms with Gasteiger partial charge < -0.3 is 25.5 Å². The van der Waals surface area contributed by atoms with Crippen LogP contribution in [-0.2, 0) is 16.1 Å². The molecule has 2 aromatic heterocycles. The number of benzene rings is 1. The van der Waals surface area contributed by atoms with Crippen molar-refractivity contribution in [3.63, 3.8) is 0 Å². The second-order valence-corrected chi connectivity index (χ2v) is 5.62. The molecule has 3 aromatic rings. The third-order valence-electron chi connectivity index (χ3n) is 3.68. The number of nitrogens with zero attached hydrogens (tertiary/aromatic N) is 4. The Balaban J connectivity index is 2.03. The molecule has 3 rings (SSSR count). The first-order chi connectivity index (χ1) is 12.6. The fourth-order valence-electron chi connectivity index (χ4n) is 2.48. The van der Waals surface area contributed by atoms with Crippen LogP contribution in [0.15, 0.2) is 30.6 Å². The average molecular weight is 356 g/mol. The number of carbonyl (C=O) groups is 1. The number of carbonyl (C=O) groups excluding carboxylic acids is 1. The van der Waals surface area contributed by atoms with Gasteiger partial charge in [0.15, 0.2) is 5.65 Å². The van der Waals surface area contributed by atoms with Crippen LogP contribution in [0, 0.1) is 0 Å². The van der Waals surface area contributed by atoms with E-state index in [2.05, 4.69) is 20.3 Å². The summed E-state index contributed by atoms with van der Waals surface area (Å²) in [6.45, 7) is 2.30. The summed E-state index contributed by atoms with van der Waals surface area (Å²) in [6.07, 6.45) is 1.64. The smallest absolute Gasteiger partial charge is 0.302 e. The van der Waals surface area contributed by atoms with Crippen molar-refractivity contribution >= 4 is 28.8 Å². The highest BCUT2D eigenvalue weighted by Gasteiger charge is 2.15. The third kappa shape index (κ3) is 3.89. The molecule has 0 saturated carbocycles. The van der Waals surface area contributed by atoms with E-state index in [4.69, 9.17) is 15.6 Å². The SMILES string of the molecule is CC(=O)OCCn1cnc2c(-c3ccc(N)cc3)nc(NCCO)nc21. The van der Waals surface area contributed by atoms with Crippen molar-refractivity contribution in [1.29, 1.82) is 0 Å². The summed E-state index contributed by atoms with van der Waals surface area (Å²) in [4.78, 5) is 24.4. The van der Waals surface area contributed by atoms with Crippen molar-refractivity contribution < 1.29 is 14.6 Å². The first-order valence-electron chi connectivity index (χ1n) is 8.15. The Labute approximate surface area is 149 Å². The van der Waals surface area contributed by atoms with Crippen molar-refractivity contribution in [2.24, 2.45) is 0 Å². The van der Waals surface area contributed by atoms with E-state index in [1.165, 1.54) is 6.92 Å². The second kappa shape index (κ2) is 7.79. The van der Waals surface area contributed by atoms with Crippen LogP contribution in [0.1, 0.15) is 6.92 Å². The van der Waals surface area contributed by atoms with Gasteiger partial charge in [-0.25, -0.2) is 9.97 Å². The number of aliphatic hydroxyl groups is 1. The van der Waals surface area contributed by atoms with Crippen LogP contribution in [0.3, 0.4) is 0 Å². The Hall–Kier alpha value is -3.20. The van der Waals surface area contributed by atoms with Crippen LogP contribution in [0.5, 0.6) is 0 Å². The number of aliphatic hydroxyl groups excluding tert-OH is 1. The predicted octanol–water partition coefficient (Wildman–Crippen LogP) is 1.04. The van der Waals surface area contributed by atoms with Crippen molar-refractivity contribution in [3.05, 3.63) is 30.6 Å². The first kappa shape index (κ1) is 17.6. The molecule has 4 N–H and O–H groups in total. The van der Waals surface area contributed by atoms with Crippen molar-refractivity contribution in [2.45, 2.75) is 13.5 Å². The van der Waals surface area contributed by atoms with Gasteiger partial charge in [-0.3, -0.25) is 4.79 Å². The van der Waals surface area contributed by atoms with E-state index in [1.54, 1.807) is 23.0 Å². The van der Waals surface area contributed by atoms with Gasteiger partial charge in [-0.15, -0.1) is 0 Å². The Morgan fingerprint density at radius 1 is 1.31 bits per heavy atom. The number of nitrogens with one attached hydrogen (secondary N) is 1. The van der Waals surface area contributed by atoms with Gasteiger partial charge in [0.25, 0.3) is 0 Å². The topological polar surface area (TPSA) is 128 Å². The largest absolute Gasteiger partial charge is 0.464 e. The minimum absolute atomic E-state index is 0.0374. The van der Waals surface area contributed by atoms with Gasteiger partial charge in [-0.2, -0.15) is 4.98 Å². The number of anilines is 2. The van der Waals surface area contributed by atoms with Crippen LogP contribution >= 0.6 is 0 Å². The number of hydrogen-bond acceptors (Lipinski definition) is 8. The molecule has 0 saturated heterocycles. The molecular weight excluding hydrogens is 336 g/mol. The summed E-state index contributed by atoms with van der Waals surface area (Å²) in [5.74, 6) is 0.0459. The monoisotopic (exact) mass is 356 g/mol. The number of esters is 1. The summed E-state index contributed by atoms with van der Waals surface area (Å²) in [5, 5.41) is 12.0. The highest BCUT2D eigenvalue weighted by molar-refractivity contribution is 5.88. The molecule has 0 atom stereocenters. The van der Waals surface area contributed by atoms with Gasteiger partial charge in [0.2, 0.25) is 5.95 Å². The number of nitrogen functional groups attached to an aromatic ring is 1. The van der Waals surface area contributed by atoms with E-state index in [-0.39, 0.29) is 19.2 Å². The summed E-state index contributed by atoms with van der Waals surface area (Å²) in [5.41, 5.74) is 9.17. The molecule has 1 aromatic carbocycles. The van der Waals surface area contributed by atoms with Crippen molar-refractivity contribution in [1.82, 2.24) is 19.5 Å². The van der Waals surface area contributed by atoms with E-state index in [0.29, 0.717) is 41.6 Å². The quantitative estimate of drug-likeness (QED) is 0.423. The number of aromatic nitrogens is 4. The lowest BCUT2D eigenvalue weighted by Crippen LogP contribution is -2.11. The normalized spacial score (nSPS) is 10.8. The van der Waals surface area contributed by atoms with E-state index in [9.17, 15) is 4.79 Å². The lowest BCUT2D eigenvalue weighted by molar-refractivity contribution is -0.141. The Kier molecular flexibility index (Phi) is 5.28. The predicted molar refractivity (Wildman–Crippen MR) is 97.4 cm³/mol. The minimum atomic E-state index is -0.336. The van der Waals surface area contributed by atoms with Crippen molar-refractivity contribution in [2.75, 3.05) is 30.8 Å². The van der Waals surface area contributed by atoms with E-state index < -0.39 is 0 Å². The lowest BCUT2D eigenvalue weighted by Gasteiger charge is -2.09. The highest BCUT2D eigenvalue weighted by Crippen LogP contribution is 2.27. The van der Waals surface area contributed by atoms with Crippen LogP contribution < -0.4 is 11.1 Å². The zero-order valence-electron chi connectivity index (χ0n) is 14.3. The zero-order chi connectivity index (χ0) is 18.5. The molecule has 0 amide bonds. The number of imidazole rings is 1. The summed E-state index contributed by atoms with van der Waals surface area (Å²) in [6, 6.07) is 7.32. The van der Waals surface area contributed by atoms with Crippen LogP contribution in [-0.4, -0.2) is 50.4 Å². The zero-order valence-corrected chi connectivity index (χ0v) is 14.3. The number of ether oxygens (including phenoxy) is 1.